The minimum atomic E-state index is -0.978. The van der Waals surface area contributed by atoms with Crippen LogP contribution in [0.3, 0.4) is 0 Å². The van der Waals surface area contributed by atoms with Crippen LogP contribution >= 0.6 is 0 Å². The molecule has 0 bridgehead atoms. The Balaban J connectivity index is 2.28. The zero-order valence-electron chi connectivity index (χ0n) is 9.38. The van der Waals surface area contributed by atoms with Crippen molar-refractivity contribution in [2.24, 2.45) is 0 Å². The van der Waals surface area contributed by atoms with Gasteiger partial charge in [-0.15, -0.1) is 0 Å². The SMILES string of the molecule is COCCNc1ccn2ncc(C(=O)O)c2c1. The van der Waals surface area contributed by atoms with E-state index in [9.17, 15) is 4.79 Å². The first kappa shape index (κ1) is 11.4. The number of hydrogen-bond donors (Lipinski definition) is 2. The topological polar surface area (TPSA) is 75.9 Å². The first-order valence-electron chi connectivity index (χ1n) is 5.16. The highest BCUT2D eigenvalue weighted by atomic mass is 16.5. The van der Waals surface area contributed by atoms with Crippen LogP contribution in [0.2, 0.25) is 0 Å². The largest absolute Gasteiger partial charge is 0.478 e. The first-order chi connectivity index (χ1) is 8.22. The number of carbonyl (C=O) groups is 1. The summed E-state index contributed by atoms with van der Waals surface area (Å²) in [6, 6.07) is 3.59. The van der Waals surface area contributed by atoms with Crippen LogP contribution in [0.4, 0.5) is 5.69 Å². The number of nitrogens with one attached hydrogen (secondary N) is 1. The van der Waals surface area contributed by atoms with Gasteiger partial charge in [-0.25, -0.2) is 9.31 Å². The van der Waals surface area contributed by atoms with Gasteiger partial charge in [-0.3, -0.25) is 0 Å². The highest BCUT2D eigenvalue weighted by molar-refractivity contribution is 5.95. The monoisotopic (exact) mass is 235 g/mol. The molecule has 0 spiro atoms. The standard InChI is InChI=1S/C11H13N3O3/c1-17-5-3-12-8-2-4-14-10(6-8)9(7-13-14)11(15)16/h2,4,6-7,12H,3,5H2,1H3,(H,15,16). The third kappa shape index (κ3) is 2.36. The Bertz CT molecular complexity index is 536. The van der Waals surface area contributed by atoms with Crippen molar-refractivity contribution in [1.82, 2.24) is 9.61 Å². The molecule has 0 atom stereocenters. The average molecular weight is 235 g/mol. The molecule has 6 heteroatoms. The van der Waals surface area contributed by atoms with Gasteiger partial charge in [0.25, 0.3) is 0 Å². The van der Waals surface area contributed by atoms with Crippen molar-refractivity contribution < 1.29 is 14.6 Å². The summed E-state index contributed by atoms with van der Waals surface area (Å²) in [7, 11) is 1.63. The molecule has 0 fully saturated rings. The summed E-state index contributed by atoms with van der Waals surface area (Å²) in [4.78, 5) is 11.0. The van der Waals surface area contributed by atoms with Gasteiger partial charge in [-0.2, -0.15) is 5.10 Å². The average Bonchev–Trinajstić information content (AvgIpc) is 2.72. The summed E-state index contributed by atoms with van der Waals surface area (Å²) < 4.78 is 6.46. The van der Waals surface area contributed by atoms with E-state index in [1.165, 1.54) is 10.7 Å². The molecule has 0 aromatic carbocycles. The van der Waals surface area contributed by atoms with Gasteiger partial charge in [0, 0.05) is 25.5 Å². The second kappa shape index (κ2) is 4.84. The van der Waals surface area contributed by atoms with Crippen LogP contribution in [0.1, 0.15) is 10.4 Å². The molecule has 2 aromatic rings. The number of carboxylic acid groups (broad SMARTS) is 1. The molecule has 2 aromatic heterocycles. The molecule has 0 radical (unpaired) electrons. The Hall–Kier alpha value is -2.08. The van der Waals surface area contributed by atoms with Crippen molar-refractivity contribution in [2.45, 2.75) is 0 Å². The van der Waals surface area contributed by atoms with Crippen molar-refractivity contribution in [1.29, 1.82) is 0 Å². The van der Waals surface area contributed by atoms with Gasteiger partial charge in [0.05, 0.1) is 18.3 Å². The lowest BCUT2D eigenvalue weighted by Crippen LogP contribution is -2.07. The molecule has 2 rings (SSSR count). The number of aromatic carboxylic acids is 1. The number of ether oxygens (including phenoxy) is 1. The fourth-order valence-electron chi connectivity index (χ4n) is 1.55. The molecule has 0 saturated carbocycles. The van der Waals surface area contributed by atoms with E-state index < -0.39 is 5.97 Å². The van der Waals surface area contributed by atoms with Gasteiger partial charge >= 0.3 is 5.97 Å². The van der Waals surface area contributed by atoms with E-state index >= 15 is 0 Å². The summed E-state index contributed by atoms with van der Waals surface area (Å²) in [5, 5.41) is 16.1. The number of aromatic nitrogens is 2. The number of carboxylic acids is 1. The Labute approximate surface area is 97.8 Å². The maximum atomic E-state index is 11.0. The van der Waals surface area contributed by atoms with E-state index in [0.717, 1.165) is 5.69 Å². The highest BCUT2D eigenvalue weighted by Crippen LogP contribution is 2.15. The number of fused-ring (bicyclic) bond motifs is 1. The fourth-order valence-corrected chi connectivity index (χ4v) is 1.55. The molecular formula is C11H13N3O3. The molecule has 0 unspecified atom stereocenters. The predicted octanol–water partition coefficient (Wildman–Crippen LogP) is 1.09. The molecule has 0 amide bonds. The van der Waals surface area contributed by atoms with Crippen LogP contribution in [0.15, 0.2) is 24.5 Å². The zero-order valence-corrected chi connectivity index (χ0v) is 9.38. The molecule has 0 aliphatic carbocycles. The smallest absolute Gasteiger partial charge is 0.339 e. The summed E-state index contributed by atoms with van der Waals surface area (Å²) in [5.74, 6) is -0.978. The van der Waals surface area contributed by atoms with Crippen LogP contribution in [0, 0.1) is 0 Å². The second-order valence-electron chi connectivity index (χ2n) is 3.53. The molecule has 0 saturated heterocycles. The minimum absolute atomic E-state index is 0.195. The van der Waals surface area contributed by atoms with Gasteiger partial charge in [0.15, 0.2) is 0 Å². The molecule has 2 N–H and O–H groups in total. The van der Waals surface area contributed by atoms with Crippen LogP contribution in [0.25, 0.3) is 5.52 Å². The molecule has 17 heavy (non-hydrogen) atoms. The van der Waals surface area contributed by atoms with Gasteiger partial charge < -0.3 is 15.2 Å². The Kier molecular flexibility index (Phi) is 3.24. The fraction of sp³-hybridized carbons (Fsp3) is 0.273. The maximum absolute atomic E-state index is 11.0. The number of methoxy groups -OCH3 is 1. The van der Waals surface area contributed by atoms with Crippen molar-refractivity contribution in [3.8, 4) is 0 Å². The van der Waals surface area contributed by atoms with Crippen molar-refractivity contribution in [3.63, 3.8) is 0 Å². The lowest BCUT2D eigenvalue weighted by Gasteiger charge is -2.05. The van der Waals surface area contributed by atoms with Gasteiger partial charge in [-0.1, -0.05) is 0 Å². The van der Waals surface area contributed by atoms with Gasteiger partial charge in [0.1, 0.15) is 5.56 Å². The molecule has 2 heterocycles. The number of nitrogens with zero attached hydrogens (tertiary/aromatic N) is 2. The number of hydrogen-bond acceptors (Lipinski definition) is 4. The van der Waals surface area contributed by atoms with Gasteiger partial charge in [-0.05, 0) is 12.1 Å². The van der Waals surface area contributed by atoms with Crippen LogP contribution in [0.5, 0.6) is 0 Å². The van der Waals surface area contributed by atoms with E-state index in [-0.39, 0.29) is 5.56 Å². The second-order valence-corrected chi connectivity index (χ2v) is 3.53. The molecular weight excluding hydrogens is 222 g/mol. The molecule has 0 aliphatic heterocycles. The summed E-state index contributed by atoms with van der Waals surface area (Å²) >= 11 is 0. The van der Waals surface area contributed by atoms with E-state index in [4.69, 9.17) is 9.84 Å². The van der Waals surface area contributed by atoms with E-state index in [0.29, 0.717) is 18.7 Å². The van der Waals surface area contributed by atoms with Crippen LogP contribution < -0.4 is 5.32 Å². The number of pyridine rings is 1. The Morgan fingerprint density at radius 3 is 3.18 bits per heavy atom. The van der Waals surface area contributed by atoms with E-state index in [1.807, 2.05) is 6.07 Å². The van der Waals surface area contributed by atoms with E-state index in [1.54, 1.807) is 19.4 Å². The van der Waals surface area contributed by atoms with Crippen LogP contribution in [-0.4, -0.2) is 41.0 Å². The van der Waals surface area contributed by atoms with Crippen molar-refractivity contribution in [3.05, 3.63) is 30.1 Å². The highest BCUT2D eigenvalue weighted by Gasteiger charge is 2.10. The van der Waals surface area contributed by atoms with E-state index in [2.05, 4.69) is 10.4 Å². The van der Waals surface area contributed by atoms with Crippen molar-refractivity contribution >= 4 is 17.2 Å². The van der Waals surface area contributed by atoms with Crippen LogP contribution in [-0.2, 0) is 4.74 Å². The lowest BCUT2D eigenvalue weighted by atomic mass is 10.2. The summed E-state index contributed by atoms with van der Waals surface area (Å²) in [5.41, 5.74) is 1.61. The minimum Gasteiger partial charge on any atom is -0.478 e. The predicted molar refractivity (Wildman–Crippen MR) is 62.5 cm³/mol. The molecule has 90 valence electrons. The lowest BCUT2D eigenvalue weighted by molar-refractivity contribution is 0.0699. The van der Waals surface area contributed by atoms with Crippen molar-refractivity contribution in [2.75, 3.05) is 25.6 Å². The number of anilines is 1. The quantitative estimate of drug-likeness (QED) is 0.759. The normalized spacial score (nSPS) is 10.6. The summed E-state index contributed by atoms with van der Waals surface area (Å²) in [6.07, 6.45) is 3.06. The Morgan fingerprint density at radius 2 is 2.47 bits per heavy atom. The maximum Gasteiger partial charge on any atom is 0.339 e. The summed E-state index contributed by atoms with van der Waals surface area (Å²) in [6.45, 7) is 1.26. The zero-order chi connectivity index (χ0) is 12.3. The van der Waals surface area contributed by atoms with Gasteiger partial charge in [0.2, 0.25) is 0 Å². The first-order valence-corrected chi connectivity index (χ1v) is 5.16. The third-order valence-electron chi connectivity index (χ3n) is 2.39. The molecule has 0 aliphatic rings. The Morgan fingerprint density at radius 1 is 1.65 bits per heavy atom. The molecule has 6 nitrogen and oxygen atoms in total. The third-order valence-corrected chi connectivity index (χ3v) is 2.39. The number of rotatable bonds is 5.